The minimum absolute atomic E-state index is 0.0180. The summed E-state index contributed by atoms with van der Waals surface area (Å²) < 4.78 is 23.4. The highest BCUT2D eigenvalue weighted by atomic mass is 31.2. The lowest BCUT2D eigenvalue weighted by Gasteiger charge is -2.38. The van der Waals surface area contributed by atoms with Gasteiger partial charge in [-0.3, -0.25) is 4.57 Å². The SMILES string of the molecule is CCOP(=O)(OCC)c1ccc([C@@H](NC(=O)N2CCN(C3CC(N)C3)C2=O)C(=O)O)cc1. The Kier molecular flexibility index (Phi) is 7.55. The maximum absolute atomic E-state index is 12.9. The molecule has 0 bridgehead atoms. The summed E-state index contributed by atoms with van der Waals surface area (Å²) in [6.07, 6.45) is 1.39. The second kappa shape index (κ2) is 9.99. The van der Waals surface area contributed by atoms with Crippen LogP contribution in [-0.2, 0) is 18.4 Å². The number of amides is 4. The zero-order chi connectivity index (χ0) is 23.5. The minimum atomic E-state index is -3.52. The summed E-state index contributed by atoms with van der Waals surface area (Å²) in [5.41, 5.74) is 6.03. The highest BCUT2D eigenvalue weighted by Gasteiger charge is 2.42. The van der Waals surface area contributed by atoms with E-state index in [-0.39, 0.29) is 42.7 Å². The number of benzene rings is 1. The Morgan fingerprint density at radius 3 is 2.28 bits per heavy atom. The Bertz CT molecular complexity index is 894. The average molecular weight is 468 g/mol. The van der Waals surface area contributed by atoms with Crippen LogP contribution >= 0.6 is 7.60 Å². The molecule has 0 spiro atoms. The van der Waals surface area contributed by atoms with E-state index in [1.165, 1.54) is 24.3 Å². The molecule has 1 aliphatic carbocycles. The van der Waals surface area contributed by atoms with Crippen molar-refractivity contribution in [1.82, 2.24) is 15.1 Å². The van der Waals surface area contributed by atoms with E-state index in [9.17, 15) is 24.1 Å². The molecule has 1 saturated carbocycles. The average Bonchev–Trinajstić information content (AvgIpc) is 3.10. The summed E-state index contributed by atoms with van der Waals surface area (Å²) in [5.74, 6) is -1.29. The van der Waals surface area contributed by atoms with Gasteiger partial charge in [-0.15, -0.1) is 0 Å². The molecule has 1 heterocycles. The molecule has 1 aromatic carbocycles. The molecule has 32 heavy (non-hydrogen) atoms. The zero-order valence-corrected chi connectivity index (χ0v) is 19.0. The van der Waals surface area contributed by atoms with Gasteiger partial charge in [0.2, 0.25) is 0 Å². The molecule has 11 nitrogen and oxygen atoms in total. The molecule has 1 saturated heterocycles. The Labute approximate surface area is 186 Å². The first-order chi connectivity index (χ1) is 15.2. The van der Waals surface area contributed by atoms with E-state index in [4.69, 9.17) is 14.8 Å². The molecule has 0 radical (unpaired) electrons. The van der Waals surface area contributed by atoms with Gasteiger partial charge in [-0.2, -0.15) is 0 Å². The van der Waals surface area contributed by atoms with E-state index < -0.39 is 31.7 Å². The first kappa shape index (κ1) is 24.2. The number of aliphatic carboxylic acids is 1. The number of nitrogens with two attached hydrogens (primary N) is 1. The van der Waals surface area contributed by atoms with Gasteiger partial charge in [-0.1, -0.05) is 12.1 Å². The fourth-order valence-corrected chi connectivity index (χ4v) is 5.40. The topological polar surface area (TPSA) is 151 Å². The summed E-state index contributed by atoms with van der Waals surface area (Å²) in [6, 6.07) is 3.23. The molecule has 1 aliphatic heterocycles. The predicted octanol–water partition coefficient (Wildman–Crippen LogP) is 1.64. The number of carboxylic acid groups (broad SMARTS) is 1. The number of rotatable bonds is 9. The number of hydrogen-bond acceptors (Lipinski definition) is 7. The smallest absolute Gasteiger partial charge is 0.361 e. The lowest BCUT2D eigenvalue weighted by atomic mass is 9.86. The summed E-state index contributed by atoms with van der Waals surface area (Å²) in [6.45, 7) is 4.31. The molecule has 176 valence electrons. The van der Waals surface area contributed by atoms with Crippen LogP contribution in [0.3, 0.4) is 0 Å². The molecule has 3 rings (SSSR count). The molecule has 4 N–H and O–H groups in total. The molecule has 0 unspecified atom stereocenters. The van der Waals surface area contributed by atoms with Gasteiger partial charge in [-0.05, 0) is 44.4 Å². The number of hydrogen-bond donors (Lipinski definition) is 3. The Morgan fingerprint density at radius 2 is 1.78 bits per heavy atom. The maximum atomic E-state index is 12.9. The van der Waals surface area contributed by atoms with E-state index in [0.29, 0.717) is 19.4 Å². The van der Waals surface area contributed by atoms with E-state index in [2.05, 4.69) is 5.32 Å². The third-order valence-corrected chi connectivity index (χ3v) is 7.66. The molecule has 2 aliphatic rings. The first-order valence-corrected chi connectivity index (χ1v) is 12.1. The van der Waals surface area contributed by atoms with Crippen molar-refractivity contribution in [2.75, 3.05) is 26.3 Å². The van der Waals surface area contributed by atoms with Crippen LogP contribution in [0.5, 0.6) is 0 Å². The minimum Gasteiger partial charge on any atom is -0.479 e. The van der Waals surface area contributed by atoms with Gasteiger partial charge in [0.05, 0.1) is 18.5 Å². The molecular formula is C20H29N4O7P. The summed E-state index contributed by atoms with van der Waals surface area (Å²) in [5, 5.41) is 12.3. The van der Waals surface area contributed by atoms with Gasteiger partial charge >= 0.3 is 25.6 Å². The fourth-order valence-electron chi connectivity index (χ4n) is 3.83. The van der Waals surface area contributed by atoms with Crippen molar-refractivity contribution in [3.05, 3.63) is 29.8 Å². The first-order valence-electron chi connectivity index (χ1n) is 10.6. The number of nitrogens with zero attached hydrogens (tertiary/aromatic N) is 2. The predicted molar refractivity (Wildman–Crippen MR) is 116 cm³/mol. The number of imide groups is 1. The fraction of sp³-hybridized carbons (Fsp3) is 0.550. The zero-order valence-electron chi connectivity index (χ0n) is 18.1. The summed E-state index contributed by atoms with van der Waals surface area (Å²) in [4.78, 5) is 39.7. The number of carbonyl (C=O) groups excluding carboxylic acids is 2. The molecule has 4 amide bonds. The van der Waals surface area contributed by atoms with E-state index in [1.54, 1.807) is 18.7 Å². The summed E-state index contributed by atoms with van der Waals surface area (Å²) in [7, 11) is -3.52. The standard InChI is InChI=1S/C20H29N4O7P/c1-3-30-32(29,31-4-2)16-7-5-13(6-8-16)17(18(25)26)22-19(27)24-10-9-23(20(24)28)15-11-14(21)12-15/h5-8,14-15,17H,3-4,9-12,21H2,1-2H3,(H,22,27)(H,25,26)/t14?,15?,17-/m1/s1. The van der Waals surface area contributed by atoms with E-state index in [1.807, 2.05) is 0 Å². The quantitative estimate of drug-likeness (QED) is 0.463. The third-order valence-electron chi connectivity index (χ3n) is 5.53. The van der Waals surface area contributed by atoms with Gasteiger partial charge in [0, 0.05) is 25.2 Å². The van der Waals surface area contributed by atoms with Gasteiger partial charge < -0.3 is 30.1 Å². The second-order valence-electron chi connectivity index (χ2n) is 7.66. The van der Waals surface area contributed by atoms with Crippen molar-refractivity contribution in [2.24, 2.45) is 5.73 Å². The largest absolute Gasteiger partial charge is 0.479 e. The number of nitrogens with one attached hydrogen (secondary N) is 1. The molecule has 1 aromatic rings. The van der Waals surface area contributed by atoms with Crippen LogP contribution in [0.4, 0.5) is 9.59 Å². The van der Waals surface area contributed by atoms with E-state index in [0.717, 1.165) is 4.90 Å². The van der Waals surface area contributed by atoms with E-state index >= 15 is 0 Å². The summed E-state index contributed by atoms with van der Waals surface area (Å²) >= 11 is 0. The molecule has 2 fully saturated rings. The van der Waals surface area contributed by atoms with Gasteiger partial charge in [0.1, 0.15) is 0 Å². The monoisotopic (exact) mass is 468 g/mol. The van der Waals surface area contributed by atoms with Crippen molar-refractivity contribution in [3.63, 3.8) is 0 Å². The Balaban J connectivity index is 1.70. The van der Waals surface area contributed by atoms with Crippen molar-refractivity contribution in [1.29, 1.82) is 0 Å². The van der Waals surface area contributed by atoms with Crippen molar-refractivity contribution < 1.29 is 33.1 Å². The van der Waals surface area contributed by atoms with Crippen LogP contribution in [0.2, 0.25) is 0 Å². The van der Waals surface area contributed by atoms with Crippen LogP contribution in [0.1, 0.15) is 38.3 Å². The highest BCUT2D eigenvalue weighted by Crippen LogP contribution is 2.46. The molecule has 1 atom stereocenters. The van der Waals surface area contributed by atoms with Crippen LogP contribution in [0.25, 0.3) is 0 Å². The van der Waals surface area contributed by atoms with Gasteiger partial charge in [0.25, 0.3) is 0 Å². The molecule has 12 heteroatoms. The maximum Gasteiger partial charge on any atom is 0.361 e. The second-order valence-corrected chi connectivity index (χ2v) is 9.69. The van der Waals surface area contributed by atoms with Crippen molar-refractivity contribution >= 4 is 30.9 Å². The third kappa shape index (κ3) is 4.96. The molecular weight excluding hydrogens is 439 g/mol. The highest BCUT2D eigenvalue weighted by molar-refractivity contribution is 7.62. The van der Waals surface area contributed by atoms with Crippen LogP contribution in [0.15, 0.2) is 24.3 Å². The van der Waals surface area contributed by atoms with Gasteiger partial charge in [0.15, 0.2) is 6.04 Å². The number of carbonyl (C=O) groups is 3. The Morgan fingerprint density at radius 1 is 1.19 bits per heavy atom. The van der Waals surface area contributed by atoms with Crippen molar-refractivity contribution in [2.45, 2.75) is 44.8 Å². The number of urea groups is 2. The van der Waals surface area contributed by atoms with Crippen LogP contribution in [0, 0.1) is 0 Å². The lowest BCUT2D eigenvalue weighted by Crippen LogP contribution is -2.53. The van der Waals surface area contributed by atoms with Crippen molar-refractivity contribution in [3.8, 4) is 0 Å². The Hall–Kier alpha value is -2.46. The van der Waals surface area contributed by atoms with Crippen LogP contribution in [-0.4, -0.2) is 71.3 Å². The lowest BCUT2D eigenvalue weighted by molar-refractivity contribution is -0.139. The van der Waals surface area contributed by atoms with Crippen LogP contribution < -0.4 is 16.4 Å². The van der Waals surface area contributed by atoms with Gasteiger partial charge in [-0.25, -0.2) is 19.3 Å². The molecule has 0 aromatic heterocycles. The number of carboxylic acids is 1. The normalized spacial score (nSPS) is 21.9.